The molecule has 1 unspecified atom stereocenters. The molecule has 4 nitrogen and oxygen atoms in total. The minimum atomic E-state index is -0.466. The molecule has 19 heavy (non-hydrogen) atoms. The van der Waals surface area contributed by atoms with Crippen molar-refractivity contribution in [2.75, 3.05) is 11.9 Å². The van der Waals surface area contributed by atoms with Crippen LogP contribution in [0.1, 0.15) is 20.8 Å². The molecule has 0 aromatic heterocycles. The number of carbonyl (C=O) groups excluding carboxylic acids is 1. The van der Waals surface area contributed by atoms with Crippen molar-refractivity contribution in [3.8, 4) is 0 Å². The Bertz CT molecular complexity index is 445. The number of hydrogen-bond acceptors (Lipinski definition) is 2. The molecule has 0 aliphatic heterocycles. The summed E-state index contributed by atoms with van der Waals surface area (Å²) in [6.45, 7) is 6.27. The second-order valence-corrected chi connectivity index (χ2v) is 5.89. The standard InChI is InChI=1S/C13H19Cl2N3O/c1-8(2)13(3,7-16)18-12(19)17-11-5-9(14)4-10(15)6-11/h4-6,8H,7,16H2,1-3H3,(H2,17,18,19). The van der Waals surface area contributed by atoms with Gasteiger partial charge in [0.25, 0.3) is 0 Å². The molecule has 0 saturated heterocycles. The van der Waals surface area contributed by atoms with Crippen LogP contribution in [0.25, 0.3) is 0 Å². The fourth-order valence-corrected chi connectivity index (χ4v) is 2.00. The molecule has 1 rings (SSSR count). The first-order chi connectivity index (χ1) is 8.76. The highest BCUT2D eigenvalue weighted by Crippen LogP contribution is 2.22. The van der Waals surface area contributed by atoms with E-state index in [0.717, 1.165) is 0 Å². The number of hydrogen-bond donors (Lipinski definition) is 3. The molecule has 6 heteroatoms. The summed E-state index contributed by atoms with van der Waals surface area (Å²) in [5.41, 5.74) is 5.79. The number of rotatable bonds is 4. The number of nitrogens with one attached hydrogen (secondary N) is 2. The Morgan fingerprint density at radius 2 is 1.84 bits per heavy atom. The molecule has 4 N–H and O–H groups in total. The maximum absolute atomic E-state index is 12.0. The lowest BCUT2D eigenvalue weighted by Crippen LogP contribution is -2.56. The highest BCUT2D eigenvalue weighted by atomic mass is 35.5. The van der Waals surface area contributed by atoms with E-state index >= 15 is 0 Å². The number of anilines is 1. The smallest absolute Gasteiger partial charge is 0.319 e. The van der Waals surface area contributed by atoms with E-state index in [1.807, 2.05) is 20.8 Å². The summed E-state index contributed by atoms with van der Waals surface area (Å²) in [5, 5.41) is 6.49. The highest BCUT2D eigenvalue weighted by molar-refractivity contribution is 6.35. The summed E-state index contributed by atoms with van der Waals surface area (Å²) < 4.78 is 0. The van der Waals surface area contributed by atoms with E-state index in [2.05, 4.69) is 10.6 Å². The fraction of sp³-hybridized carbons (Fsp3) is 0.462. The maximum atomic E-state index is 12.0. The monoisotopic (exact) mass is 303 g/mol. The second kappa shape index (κ2) is 6.46. The lowest BCUT2D eigenvalue weighted by molar-refractivity contribution is 0.225. The van der Waals surface area contributed by atoms with Gasteiger partial charge in [-0.2, -0.15) is 0 Å². The lowest BCUT2D eigenvalue weighted by atomic mass is 9.89. The first kappa shape index (κ1) is 16.1. The summed E-state index contributed by atoms with van der Waals surface area (Å²) in [7, 11) is 0. The topological polar surface area (TPSA) is 67.1 Å². The third-order valence-corrected chi connectivity index (χ3v) is 3.65. The summed E-state index contributed by atoms with van der Waals surface area (Å²) in [5.74, 6) is 0.214. The van der Waals surface area contributed by atoms with Gasteiger partial charge in [-0.15, -0.1) is 0 Å². The Morgan fingerprint density at radius 3 is 2.26 bits per heavy atom. The van der Waals surface area contributed by atoms with Gasteiger partial charge in [-0.05, 0) is 31.0 Å². The van der Waals surface area contributed by atoms with Gasteiger partial charge in [0, 0.05) is 22.3 Å². The lowest BCUT2D eigenvalue weighted by Gasteiger charge is -2.33. The van der Waals surface area contributed by atoms with Crippen LogP contribution in [0.15, 0.2) is 18.2 Å². The number of amides is 2. The van der Waals surface area contributed by atoms with Crippen LogP contribution in [0.2, 0.25) is 10.0 Å². The van der Waals surface area contributed by atoms with E-state index in [1.54, 1.807) is 18.2 Å². The van der Waals surface area contributed by atoms with Crippen molar-refractivity contribution in [2.24, 2.45) is 11.7 Å². The molecular formula is C13H19Cl2N3O. The van der Waals surface area contributed by atoms with E-state index in [0.29, 0.717) is 22.3 Å². The zero-order chi connectivity index (χ0) is 14.6. The Kier molecular flexibility index (Phi) is 5.47. The van der Waals surface area contributed by atoms with Crippen LogP contribution in [0.5, 0.6) is 0 Å². The predicted molar refractivity (Wildman–Crippen MR) is 80.9 cm³/mol. The zero-order valence-corrected chi connectivity index (χ0v) is 12.8. The van der Waals surface area contributed by atoms with Gasteiger partial charge < -0.3 is 16.4 Å². The quantitative estimate of drug-likeness (QED) is 0.797. The molecule has 0 heterocycles. The predicted octanol–water partition coefficient (Wildman–Crippen LogP) is 3.49. The SMILES string of the molecule is CC(C)C(C)(CN)NC(=O)Nc1cc(Cl)cc(Cl)c1. The molecular weight excluding hydrogens is 285 g/mol. The van der Waals surface area contributed by atoms with E-state index in [4.69, 9.17) is 28.9 Å². The van der Waals surface area contributed by atoms with Gasteiger partial charge in [0.2, 0.25) is 0 Å². The van der Waals surface area contributed by atoms with Gasteiger partial charge in [0.15, 0.2) is 0 Å². The minimum Gasteiger partial charge on any atom is -0.331 e. The molecule has 0 aliphatic rings. The molecule has 0 fully saturated rings. The van der Waals surface area contributed by atoms with Crippen molar-refractivity contribution in [3.63, 3.8) is 0 Å². The number of urea groups is 1. The van der Waals surface area contributed by atoms with Gasteiger partial charge in [0.05, 0.1) is 5.54 Å². The zero-order valence-electron chi connectivity index (χ0n) is 11.3. The van der Waals surface area contributed by atoms with Crippen LogP contribution in [0.4, 0.5) is 10.5 Å². The Labute approximate surface area is 123 Å². The molecule has 0 aliphatic carbocycles. The normalized spacial score (nSPS) is 14.1. The van der Waals surface area contributed by atoms with Crippen molar-refractivity contribution in [3.05, 3.63) is 28.2 Å². The molecule has 0 spiro atoms. The summed E-state index contributed by atoms with van der Waals surface area (Å²) >= 11 is 11.7. The van der Waals surface area contributed by atoms with Crippen molar-refractivity contribution < 1.29 is 4.79 Å². The number of benzene rings is 1. The van der Waals surface area contributed by atoms with Crippen molar-refractivity contribution in [1.82, 2.24) is 5.32 Å². The van der Waals surface area contributed by atoms with Gasteiger partial charge in [-0.3, -0.25) is 0 Å². The first-order valence-electron chi connectivity index (χ1n) is 6.02. The summed E-state index contributed by atoms with van der Waals surface area (Å²) in [4.78, 5) is 12.0. The molecule has 1 aromatic rings. The first-order valence-corrected chi connectivity index (χ1v) is 6.78. The molecule has 0 radical (unpaired) electrons. The number of nitrogens with two attached hydrogens (primary N) is 1. The maximum Gasteiger partial charge on any atom is 0.319 e. The molecule has 106 valence electrons. The van der Waals surface area contributed by atoms with Crippen LogP contribution >= 0.6 is 23.2 Å². The Morgan fingerprint density at radius 1 is 1.32 bits per heavy atom. The van der Waals surface area contributed by atoms with Gasteiger partial charge in [-0.1, -0.05) is 37.0 Å². The van der Waals surface area contributed by atoms with E-state index < -0.39 is 5.54 Å². The second-order valence-electron chi connectivity index (χ2n) is 5.01. The highest BCUT2D eigenvalue weighted by Gasteiger charge is 2.28. The Hall–Kier alpha value is -0.970. The van der Waals surface area contributed by atoms with Gasteiger partial charge in [0.1, 0.15) is 0 Å². The molecule has 0 bridgehead atoms. The molecule has 1 aromatic carbocycles. The molecule has 2 amide bonds. The van der Waals surface area contributed by atoms with E-state index in [1.165, 1.54) is 0 Å². The third-order valence-electron chi connectivity index (χ3n) is 3.22. The third kappa shape index (κ3) is 4.56. The molecule has 1 atom stereocenters. The average molecular weight is 304 g/mol. The van der Waals surface area contributed by atoms with Crippen LogP contribution in [0.3, 0.4) is 0 Å². The van der Waals surface area contributed by atoms with Gasteiger partial charge >= 0.3 is 6.03 Å². The number of halogens is 2. The molecule has 0 saturated carbocycles. The number of carbonyl (C=O) groups is 1. The van der Waals surface area contributed by atoms with Crippen LogP contribution in [-0.2, 0) is 0 Å². The minimum absolute atomic E-state index is 0.214. The van der Waals surface area contributed by atoms with E-state index in [-0.39, 0.29) is 11.9 Å². The Balaban J connectivity index is 2.75. The van der Waals surface area contributed by atoms with Crippen LogP contribution in [0, 0.1) is 5.92 Å². The van der Waals surface area contributed by atoms with Crippen LogP contribution in [-0.4, -0.2) is 18.1 Å². The van der Waals surface area contributed by atoms with Crippen molar-refractivity contribution in [2.45, 2.75) is 26.3 Å². The summed E-state index contributed by atoms with van der Waals surface area (Å²) in [6.07, 6.45) is 0. The average Bonchev–Trinajstić information content (AvgIpc) is 2.26. The van der Waals surface area contributed by atoms with E-state index in [9.17, 15) is 4.79 Å². The van der Waals surface area contributed by atoms with Crippen molar-refractivity contribution in [1.29, 1.82) is 0 Å². The van der Waals surface area contributed by atoms with Crippen molar-refractivity contribution >= 4 is 34.9 Å². The summed E-state index contributed by atoms with van der Waals surface area (Å²) in [6, 6.07) is 4.52. The van der Waals surface area contributed by atoms with Gasteiger partial charge in [-0.25, -0.2) is 4.79 Å². The van der Waals surface area contributed by atoms with Crippen LogP contribution < -0.4 is 16.4 Å². The fourth-order valence-electron chi connectivity index (χ4n) is 1.48. The largest absolute Gasteiger partial charge is 0.331 e.